The van der Waals surface area contributed by atoms with Gasteiger partial charge in [0.15, 0.2) is 0 Å². The molecule has 4 nitrogen and oxygen atoms in total. The van der Waals surface area contributed by atoms with Crippen molar-refractivity contribution < 1.29 is 0 Å². The topological polar surface area (TPSA) is 61.6 Å². The summed E-state index contributed by atoms with van der Waals surface area (Å²) in [5, 5.41) is 12.0. The van der Waals surface area contributed by atoms with Gasteiger partial charge in [0.1, 0.15) is 17.6 Å². The molecule has 0 fully saturated rings. The Morgan fingerprint density at radius 3 is 2.39 bits per heavy atom. The Balaban J connectivity index is 2.34. The van der Waals surface area contributed by atoms with Gasteiger partial charge in [0.2, 0.25) is 5.28 Å². The lowest BCUT2D eigenvalue weighted by atomic mass is 10.1. The maximum Gasteiger partial charge on any atom is 0.225 e. The van der Waals surface area contributed by atoms with E-state index in [1.165, 1.54) is 0 Å². The lowest BCUT2D eigenvalue weighted by Gasteiger charge is -2.08. The number of hydrogen-bond acceptors (Lipinski definition) is 4. The average Bonchev–Trinajstić information content (AvgIpc) is 2.26. The Morgan fingerprint density at radius 2 is 1.78 bits per heavy atom. The first-order valence-electron chi connectivity index (χ1n) is 5.37. The van der Waals surface area contributed by atoms with Crippen LogP contribution < -0.4 is 5.32 Å². The van der Waals surface area contributed by atoms with Gasteiger partial charge in [-0.15, -0.1) is 0 Å². The largest absolute Gasteiger partial charge is 0.340 e. The van der Waals surface area contributed by atoms with Gasteiger partial charge in [-0.2, -0.15) is 5.26 Å². The maximum absolute atomic E-state index is 8.81. The van der Waals surface area contributed by atoms with E-state index in [-0.39, 0.29) is 11.0 Å². The summed E-state index contributed by atoms with van der Waals surface area (Å²) in [6.45, 7) is 4.04. The zero-order valence-electron chi connectivity index (χ0n) is 10.0. The highest BCUT2D eigenvalue weighted by Gasteiger charge is 2.03. The zero-order valence-corrected chi connectivity index (χ0v) is 10.8. The first kappa shape index (κ1) is 12.3. The van der Waals surface area contributed by atoms with E-state index in [4.69, 9.17) is 16.9 Å². The van der Waals surface area contributed by atoms with E-state index in [9.17, 15) is 0 Å². The molecule has 0 aliphatic carbocycles. The van der Waals surface area contributed by atoms with E-state index >= 15 is 0 Å². The monoisotopic (exact) mass is 258 g/mol. The molecule has 0 saturated carbocycles. The van der Waals surface area contributed by atoms with E-state index < -0.39 is 0 Å². The molecule has 0 unspecified atom stereocenters. The second kappa shape index (κ2) is 5.03. The van der Waals surface area contributed by atoms with Gasteiger partial charge in [0.25, 0.3) is 0 Å². The third kappa shape index (κ3) is 2.96. The third-order valence-corrected chi connectivity index (χ3v) is 2.48. The second-order valence-corrected chi connectivity index (χ2v) is 4.36. The van der Waals surface area contributed by atoms with Gasteiger partial charge < -0.3 is 5.32 Å². The van der Waals surface area contributed by atoms with Crippen LogP contribution >= 0.6 is 11.6 Å². The number of nitrogens with one attached hydrogen (secondary N) is 1. The molecule has 0 aliphatic rings. The minimum Gasteiger partial charge on any atom is -0.340 e. The SMILES string of the molecule is Cc1cc(C)cc(Nc2cc(C#N)nc(Cl)n2)c1. The third-order valence-electron chi connectivity index (χ3n) is 2.31. The van der Waals surface area contributed by atoms with Crippen LogP contribution in [0.5, 0.6) is 0 Å². The van der Waals surface area contributed by atoms with Crippen LogP contribution in [0.1, 0.15) is 16.8 Å². The summed E-state index contributed by atoms with van der Waals surface area (Å²) in [6.07, 6.45) is 0. The molecule has 0 spiro atoms. The average molecular weight is 259 g/mol. The molecule has 5 heteroatoms. The molecule has 1 aromatic carbocycles. The highest BCUT2D eigenvalue weighted by Crippen LogP contribution is 2.19. The van der Waals surface area contributed by atoms with Crippen LogP contribution in [0.3, 0.4) is 0 Å². The molecule has 2 rings (SSSR count). The molecule has 0 radical (unpaired) electrons. The molecule has 1 heterocycles. The molecule has 0 atom stereocenters. The normalized spacial score (nSPS) is 9.89. The summed E-state index contributed by atoms with van der Waals surface area (Å²) in [5.74, 6) is 0.511. The number of halogens is 1. The van der Waals surface area contributed by atoms with Gasteiger partial charge >= 0.3 is 0 Å². The summed E-state index contributed by atoms with van der Waals surface area (Å²) >= 11 is 5.74. The number of hydrogen-bond donors (Lipinski definition) is 1. The first-order valence-corrected chi connectivity index (χ1v) is 5.74. The molecular formula is C13H11ClN4. The lowest BCUT2D eigenvalue weighted by Crippen LogP contribution is -1.97. The van der Waals surface area contributed by atoms with Crippen molar-refractivity contribution >= 4 is 23.1 Å². The quantitative estimate of drug-likeness (QED) is 0.839. The van der Waals surface area contributed by atoms with Crippen LogP contribution in [0.2, 0.25) is 5.28 Å². The van der Waals surface area contributed by atoms with Gasteiger partial charge in [-0.1, -0.05) is 6.07 Å². The second-order valence-electron chi connectivity index (χ2n) is 4.02. The number of nitriles is 1. The molecule has 0 bridgehead atoms. The van der Waals surface area contributed by atoms with E-state index in [2.05, 4.69) is 21.4 Å². The van der Waals surface area contributed by atoms with Crippen molar-refractivity contribution in [2.45, 2.75) is 13.8 Å². The van der Waals surface area contributed by atoms with Gasteiger partial charge in [-0.25, -0.2) is 9.97 Å². The molecule has 0 amide bonds. The fourth-order valence-corrected chi connectivity index (χ4v) is 1.92. The van der Waals surface area contributed by atoms with Crippen molar-refractivity contribution in [3.63, 3.8) is 0 Å². The molecule has 1 N–H and O–H groups in total. The smallest absolute Gasteiger partial charge is 0.225 e. The van der Waals surface area contributed by atoms with Crippen LogP contribution in [-0.4, -0.2) is 9.97 Å². The number of rotatable bonds is 2. The summed E-state index contributed by atoms with van der Waals surface area (Å²) < 4.78 is 0. The van der Waals surface area contributed by atoms with Crippen LogP contribution in [0, 0.1) is 25.2 Å². The minimum atomic E-state index is 0.0564. The first-order chi connectivity index (χ1) is 8.56. The van der Waals surface area contributed by atoms with Crippen molar-refractivity contribution in [3.05, 3.63) is 46.4 Å². The van der Waals surface area contributed by atoms with E-state index in [0.717, 1.165) is 16.8 Å². The molecule has 2 aromatic rings. The highest BCUT2D eigenvalue weighted by molar-refractivity contribution is 6.28. The van der Waals surface area contributed by atoms with Crippen LogP contribution in [-0.2, 0) is 0 Å². The van der Waals surface area contributed by atoms with Crippen LogP contribution in [0.4, 0.5) is 11.5 Å². The van der Waals surface area contributed by atoms with Crippen molar-refractivity contribution in [3.8, 4) is 6.07 Å². The van der Waals surface area contributed by atoms with E-state index in [0.29, 0.717) is 5.82 Å². The van der Waals surface area contributed by atoms with Crippen molar-refractivity contribution in [2.24, 2.45) is 0 Å². The fourth-order valence-electron chi connectivity index (χ4n) is 1.73. The fraction of sp³-hybridized carbons (Fsp3) is 0.154. The summed E-state index contributed by atoms with van der Waals surface area (Å²) in [4.78, 5) is 7.81. The Hall–Kier alpha value is -2.12. The molecular weight excluding hydrogens is 248 g/mol. The van der Waals surface area contributed by atoms with Crippen molar-refractivity contribution in [1.29, 1.82) is 5.26 Å². The minimum absolute atomic E-state index is 0.0564. The van der Waals surface area contributed by atoms with Gasteiger partial charge in [0.05, 0.1) is 0 Å². The summed E-state index contributed by atoms with van der Waals surface area (Å²) in [6, 6.07) is 9.57. The maximum atomic E-state index is 8.81. The Bertz CT molecular complexity index is 611. The number of nitrogens with zero attached hydrogens (tertiary/aromatic N) is 3. The molecule has 1 aromatic heterocycles. The van der Waals surface area contributed by atoms with E-state index in [1.807, 2.05) is 32.0 Å². The van der Waals surface area contributed by atoms with Crippen molar-refractivity contribution in [2.75, 3.05) is 5.32 Å². The summed E-state index contributed by atoms with van der Waals surface area (Å²) in [7, 11) is 0. The van der Waals surface area contributed by atoms with Gasteiger partial charge in [-0.3, -0.25) is 0 Å². The van der Waals surface area contributed by atoms with Gasteiger partial charge in [0, 0.05) is 11.8 Å². The van der Waals surface area contributed by atoms with Gasteiger partial charge in [-0.05, 0) is 48.7 Å². The zero-order chi connectivity index (χ0) is 13.1. The Kier molecular flexibility index (Phi) is 3.45. The summed E-state index contributed by atoms with van der Waals surface area (Å²) in [5.41, 5.74) is 3.45. The molecule has 0 aliphatic heterocycles. The van der Waals surface area contributed by atoms with Crippen LogP contribution in [0.15, 0.2) is 24.3 Å². The predicted molar refractivity (Wildman–Crippen MR) is 71.0 cm³/mol. The standard InChI is InChI=1S/C13H11ClN4/c1-8-3-9(2)5-10(4-8)16-12-6-11(7-15)17-13(14)18-12/h3-6H,1-2H3,(H,16,17,18). The Labute approximate surface area is 110 Å². The number of anilines is 2. The number of aryl methyl sites for hydroxylation is 2. The number of benzene rings is 1. The van der Waals surface area contributed by atoms with Crippen molar-refractivity contribution in [1.82, 2.24) is 9.97 Å². The number of aromatic nitrogens is 2. The predicted octanol–water partition coefficient (Wildman–Crippen LogP) is 3.36. The molecule has 18 heavy (non-hydrogen) atoms. The van der Waals surface area contributed by atoms with E-state index in [1.54, 1.807) is 6.07 Å². The van der Waals surface area contributed by atoms with Crippen LogP contribution in [0.25, 0.3) is 0 Å². The molecule has 90 valence electrons. The molecule has 0 saturated heterocycles. The Morgan fingerprint density at radius 1 is 1.11 bits per heavy atom. The highest BCUT2D eigenvalue weighted by atomic mass is 35.5. The lowest BCUT2D eigenvalue weighted by molar-refractivity contribution is 1.14.